The van der Waals surface area contributed by atoms with Crippen molar-refractivity contribution in [2.45, 2.75) is 17.7 Å². The number of thioether (sulfide) groups is 1. The highest BCUT2D eigenvalue weighted by molar-refractivity contribution is 7.99. The van der Waals surface area contributed by atoms with Crippen molar-refractivity contribution in [1.29, 1.82) is 0 Å². The predicted octanol–water partition coefficient (Wildman–Crippen LogP) is 4.02. The van der Waals surface area contributed by atoms with Gasteiger partial charge in [-0.15, -0.1) is 11.8 Å². The van der Waals surface area contributed by atoms with Gasteiger partial charge in [0.15, 0.2) is 16.3 Å². The number of rotatable bonds is 6. The summed E-state index contributed by atoms with van der Waals surface area (Å²) in [6.45, 7) is 1.11. The van der Waals surface area contributed by atoms with E-state index in [0.717, 1.165) is 39.6 Å². The van der Waals surface area contributed by atoms with Crippen molar-refractivity contribution in [1.82, 2.24) is 4.57 Å². The Morgan fingerprint density at radius 2 is 1.93 bits per heavy atom. The van der Waals surface area contributed by atoms with E-state index in [1.165, 1.54) is 16.2 Å². The van der Waals surface area contributed by atoms with Gasteiger partial charge in [0, 0.05) is 30.5 Å². The minimum atomic E-state index is -0.0975. The zero-order valence-corrected chi connectivity index (χ0v) is 18.0. The molecule has 3 aromatic rings. The molecule has 0 unspecified atom stereocenters. The van der Waals surface area contributed by atoms with E-state index in [1.54, 1.807) is 18.9 Å². The number of carbonyl (C=O) groups excluding carboxylic acids is 1. The fourth-order valence-electron chi connectivity index (χ4n) is 3.02. The second-order valence-corrected chi connectivity index (χ2v) is 8.72. The molecular formula is C21H22N2O4S2. The summed E-state index contributed by atoms with van der Waals surface area (Å²) < 4.78 is 19.4. The lowest BCUT2D eigenvalue weighted by molar-refractivity contribution is -0.118. The van der Waals surface area contributed by atoms with E-state index in [-0.39, 0.29) is 5.91 Å². The molecule has 1 aromatic heterocycles. The molecule has 0 saturated heterocycles. The molecule has 0 N–H and O–H groups in total. The number of nitrogens with zero attached hydrogens (tertiary/aromatic N) is 2. The zero-order valence-electron chi connectivity index (χ0n) is 16.3. The Kier molecular flexibility index (Phi) is 6.10. The van der Waals surface area contributed by atoms with Crippen molar-refractivity contribution in [2.75, 3.05) is 26.1 Å². The van der Waals surface area contributed by atoms with Crippen LogP contribution in [0.25, 0.3) is 10.2 Å². The number of benzene rings is 2. The molecule has 0 spiro atoms. The van der Waals surface area contributed by atoms with Crippen LogP contribution in [0.3, 0.4) is 0 Å². The minimum Gasteiger partial charge on any atom is -0.497 e. The van der Waals surface area contributed by atoms with Crippen LogP contribution in [0.4, 0.5) is 0 Å². The van der Waals surface area contributed by atoms with Crippen LogP contribution in [0.1, 0.15) is 12.8 Å². The highest BCUT2D eigenvalue weighted by Gasteiger charge is 2.15. The minimum absolute atomic E-state index is 0.0975. The lowest BCUT2D eigenvalue weighted by Crippen LogP contribution is -2.15. The van der Waals surface area contributed by atoms with Gasteiger partial charge >= 0.3 is 0 Å². The van der Waals surface area contributed by atoms with E-state index in [2.05, 4.69) is 4.99 Å². The number of hydrogen-bond donors (Lipinski definition) is 0. The van der Waals surface area contributed by atoms with Crippen molar-refractivity contribution >= 4 is 39.2 Å². The smallest absolute Gasteiger partial charge is 0.248 e. The molecule has 6 nitrogen and oxygen atoms in total. The van der Waals surface area contributed by atoms with Crippen LogP contribution in [0.15, 0.2) is 46.3 Å². The van der Waals surface area contributed by atoms with Crippen LogP contribution in [0.5, 0.6) is 17.2 Å². The Morgan fingerprint density at radius 1 is 1.21 bits per heavy atom. The van der Waals surface area contributed by atoms with Gasteiger partial charge in [-0.25, -0.2) is 0 Å². The number of aryl methyl sites for hydroxylation is 1. The summed E-state index contributed by atoms with van der Waals surface area (Å²) in [7, 11) is 3.57. The summed E-state index contributed by atoms with van der Waals surface area (Å²) in [6, 6.07) is 11.9. The molecule has 8 heteroatoms. The van der Waals surface area contributed by atoms with Crippen LogP contribution >= 0.6 is 23.1 Å². The van der Waals surface area contributed by atoms with Gasteiger partial charge < -0.3 is 18.8 Å². The van der Waals surface area contributed by atoms with E-state index in [1.807, 2.05) is 48.0 Å². The fraction of sp³-hybridized carbons (Fsp3) is 0.333. The standard InChI is InChI=1S/C21H22N2O4S2/c1-23-16-12-17-18(27-10-9-26-17)13-19(16)29-21(23)22-20(24)4-3-11-28-15-7-5-14(25-2)6-8-15/h5-8,12-13H,3-4,9-11H2,1-2H3. The number of ether oxygens (including phenoxy) is 3. The number of carbonyl (C=O) groups is 1. The third-order valence-corrected chi connectivity index (χ3v) is 6.75. The first kappa shape index (κ1) is 19.8. The number of methoxy groups -OCH3 is 1. The summed E-state index contributed by atoms with van der Waals surface area (Å²) in [5.41, 5.74) is 0.987. The number of fused-ring (bicyclic) bond motifs is 2. The molecule has 4 rings (SSSR count). The van der Waals surface area contributed by atoms with Crippen LogP contribution in [-0.2, 0) is 11.8 Å². The van der Waals surface area contributed by atoms with E-state index in [9.17, 15) is 4.79 Å². The maximum atomic E-state index is 12.3. The largest absolute Gasteiger partial charge is 0.497 e. The molecular weight excluding hydrogens is 408 g/mol. The highest BCUT2D eigenvalue weighted by Crippen LogP contribution is 2.35. The van der Waals surface area contributed by atoms with Gasteiger partial charge in [0.05, 0.1) is 17.3 Å². The molecule has 0 aliphatic carbocycles. The highest BCUT2D eigenvalue weighted by atomic mass is 32.2. The summed E-state index contributed by atoms with van der Waals surface area (Å²) >= 11 is 3.22. The topological polar surface area (TPSA) is 62.0 Å². The Labute approximate surface area is 177 Å². The van der Waals surface area contributed by atoms with Gasteiger partial charge in [-0.1, -0.05) is 11.3 Å². The van der Waals surface area contributed by atoms with Gasteiger partial charge in [-0.3, -0.25) is 4.79 Å². The molecule has 1 aliphatic heterocycles. The lowest BCUT2D eigenvalue weighted by atomic mass is 10.3. The van der Waals surface area contributed by atoms with Crippen molar-refractivity contribution in [3.05, 3.63) is 41.2 Å². The average Bonchev–Trinajstić information content (AvgIpc) is 3.04. The summed E-state index contributed by atoms with van der Waals surface area (Å²) in [4.78, 5) is 18.5. The lowest BCUT2D eigenvalue weighted by Gasteiger charge is -2.18. The third-order valence-electron chi connectivity index (χ3n) is 4.56. The predicted molar refractivity (Wildman–Crippen MR) is 115 cm³/mol. The van der Waals surface area contributed by atoms with Crippen molar-refractivity contribution in [3.8, 4) is 17.2 Å². The molecule has 1 aliphatic rings. The quantitative estimate of drug-likeness (QED) is 0.437. The molecule has 0 saturated carbocycles. The fourth-order valence-corrected chi connectivity index (χ4v) is 4.92. The maximum absolute atomic E-state index is 12.3. The van der Waals surface area contributed by atoms with Gasteiger partial charge in [0.1, 0.15) is 19.0 Å². The Hall–Kier alpha value is -2.45. The summed E-state index contributed by atoms with van der Waals surface area (Å²) in [6.07, 6.45) is 1.21. The van der Waals surface area contributed by atoms with E-state index < -0.39 is 0 Å². The van der Waals surface area contributed by atoms with E-state index in [4.69, 9.17) is 14.2 Å². The summed E-state index contributed by atoms with van der Waals surface area (Å²) in [5.74, 6) is 3.11. The molecule has 2 heterocycles. The van der Waals surface area contributed by atoms with Gasteiger partial charge in [0.2, 0.25) is 5.91 Å². The normalized spacial score (nSPS) is 13.7. The maximum Gasteiger partial charge on any atom is 0.248 e. The van der Waals surface area contributed by atoms with Crippen LogP contribution in [-0.4, -0.2) is 36.6 Å². The summed E-state index contributed by atoms with van der Waals surface area (Å²) in [5, 5.41) is 0. The molecule has 29 heavy (non-hydrogen) atoms. The molecule has 152 valence electrons. The van der Waals surface area contributed by atoms with E-state index in [0.29, 0.717) is 24.4 Å². The second-order valence-electron chi connectivity index (χ2n) is 6.54. The van der Waals surface area contributed by atoms with Gasteiger partial charge in [-0.2, -0.15) is 4.99 Å². The van der Waals surface area contributed by atoms with Crippen LogP contribution in [0, 0.1) is 0 Å². The van der Waals surface area contributed by atoms with Crippen molar-refractivity contribution in [3.63, 3.8) is 0 Å². The van der Waals surface area contributed by atoms with Crippen molar-refractivity contribution in [2.24, 2.45) is 12.0 Å². The van der Waals surface area contributed by atoms with Gasteiger partial charge in [-0.05, 0) is 36.4 Å². The first-order valence-electron chi connectivity index (χ1n) is 9.37. The first-order chi connectivity index (χ1) is 14.1. The SMILES string of the molecule is COc1ccc(SCCCC(=O)N=c2sc3cc4c(cc3n2C)OCCO4)cc1. The molecule has 0 bridgehead atoms. The number of thiazole rings is 1. The van der Waals surface area contributed by atoms with E-state index >= 15 is 0 Å². The molecule has 0 radical (unpaired) electrons. The molecule has 2 aromatic carbocycles. The second kappa shape index (κ2) is 8.92. The third kappa shape index (κ3) is 4.59. The zero-order chi connectivity index (χ0) is 20.2. The number of hydrogen-bond acceptors (Lipinski definition) is 6. The Bertz CT molecular complexity index is 1090. The van der Waals surface area contributed by atoms with Crippen molar-refractivity contribution < 1.29 is 19.0 Å². The number of amides is 1. The Balaban J connectivity index is 1.38. The monoisotopic (exact) mass is 430 g/mol. The van der Waals surface area contributed by atoms with Crippen LogP contribution < -0.4 is 19.0 Å². The average molecular weight is 431 g/mol. The first-order valence-corrected chi connectivity index (χ1v) is 11.2. The Morgan fingerprint density at radius 3 is 2.66 bits per heavy atom. The number of aromatic nitrogens is 1. The molecule has 0 atom stereocenters. The molecule has 1 amide bonds. The van der Waals surface area contributed by atoms with Crippen LogP contribution in [0.2, 0.25) is 0 Å². The molecule has 0 fully saturated rings. The van der Waals surface area contributed by atoms with Gasteiger partial charge in [0.25, 0.3) is 0 Å².